The lowest BCUT2D eigenvalue weighted by molar-refractivity contribution is -0.143. The first-order valence-electron chi connectivity index (χ1n) is 26.7. The number of carbonyl (C=O) groups excluding carboxylic acids is 13. The molecule has 2 fully saturated rings. The van der Waals surface area contributed by atoms with Crippen LogP contribution in [0.1, 0.15) is 72.3 Å². The molecule has 2 aliphatic heterocycles. The maximum atomic E-state index is 14.2. The summed E-state index contributed by atoms with van der Waals surface area (Å²) in [5.74, 6) is -14.6. The van der Waals surface area contributed by atoms with Gasteiger partial charge in [-0.2, -0.15) is 0 Å². The van der Waals surface area contributed by atoms with Gasteiger partial charge in [0.15, 0.2) is 0 Å². The van der Waals surface area contributed by atoms with E-state index < -0.39 is 187 Å². The number of aliphatic carboxylic acids is 2. The summed E-state index contributed by atoms with van der Waals surface area (Å²) in [4.78, 5) is 198. The molecule has 36 heteroatoms. The third-order valence-electron chi connectivity index (χ3n) is 13.0. The Labute approximate surface area is 510 Å². The van der Waals surface area contributed by atoms with Crippen molar-refractivity contribution in [3.8, 4) is 5.75 Å². The first-order valence-corrected chi connectivity index (χ1v) is 31.2. The summed E-state index contributed by atoms with van der Waals surface area (Å²) in [5.41, 5.74) is 6.51. The number of nitrogens with two attached hydrogens (primary N) is 1. The molecule has 0 bridgehead atoms. The lowest BCUT2D eigenvalue weighted by Crippen LogP contribution is -2.60. The number of nitrogens with one attached hydrogen (secondary N) is 11. The molecular weight excluding hydrogens is 1210 g/mol. The molecule has 1 aromatic carbocycles. The quantitative estimate of drug-likeness (QED) is 0.0260. The fourth-order valence-electron chi connectivity index (χ4n) is 8.07. The van der Waals surface area contributed by atoms with E-state index in [2.05, 4.69) is 70.1 Å². The van der Waals surface area contributed by atoms with Crippen LogP contribution in [0, 0.1) is 0 Å². The van der Waals surface area contributed by atoms with Crippen LogP contribution in [0.4, 0.5) is 0 Å². The Hall–Kier alpha value is -7.41. The van der Waals surface area contributed by atoms with Crippen molar-refractivity contribution in [2.45, 2.75) is 152 Å². The van der Waals surface area contributed by atoms with Gasteiger partial charge in [0.2, 0.25) is 70.9 Å². The van der Waals surface area contributed by atoms with Gasteiger partial charge in [-0.1, -0.05) is 44.5 Å². The average Bonchev–Trinajstić information content (AvgIpc) is 3.38. The van der Waals surface area contributed by atoms with Gasteiger partial charge >= 0.3 is 11.9 Å². The van der Waals surface area contributed by atoms with E-state index in [-0.39, 0.29) is 48.8 Å². The minimum absolute atomic E-state index is 0.0546. The zero-order valence-corrected chi connectivity index (χ0v) is 50.6. The van der Waals surface area contributed by atoms with Crippen LogP contribution in [0.5, 0.6) is 5.75 Å². The summed E-state index contributed by atoms with van der Waals surface area (Å²) in [6.45, 7) is 5.36. The van der Waals surface area contributed by atoms with Gasteiger partial charge in [-0.3, -0.25) is 62.3 Å². The number of nitrogens with zero attached hydrogens (tertiary/aromatic N) is 1. The molecule has 2 saturated heterocycles. The Bertz CT molecular complexity index is 2660. The molecule has 0 aromatic heterocycles. The van der Waals surface area contributed by atoms with Crippen molar-refractivity contribution < 1.29 is 92.3 Å². The fraction of sp³-hybridized carbons (Fsp3) is 0.580. The number of hydrogen-bond acceptors (Lipinski definition) is 22. The molecule has 0 aliphatic carbocycles. The Morgan fingerprint density at radius 1 is 0.744 bits per heavy atom. The molecule has 476 valence electrons. The lowest BCUT2D eigenvalue weighted by Gasteiger charge is -2.30. The summed E-state index contributed by atoms with van der Waals surface area (Å²) >= 11 is 3.86. The van der Waals surface area contributed by atoms with E-state index in [4.69, 9.17) is 5.73 Å². The molecule has 32 nitrogen and oxygen atoms in total. The van der Waals surface area contributed by atoms with Crippen molar-refractivity contribution >= 4 is 133 Å². The van der Waals surface area contributed by atoms with Gasteiger partial charge in [0.25, 0.3) is 0 Å². The fourth-order valence-corrected chi connectivity index (χ4v) is 11.2. The number of thiol groups is 1. The Balaban J connectivity index is 1.78. The smallest absolute Gasteiger partial charge is 0.327 e. The Morgan fingerprint density at radius 3 is 1.93 bits per heavy atom. The molecule has 2 heterocycles. The lowest BCUT2D eigenvalue weighted by atomic mass is 10.0. The van der Waals surface area contributed by atoms with E-state index >= 15 is 0 Å². The van der Waals surface area contributed by atoms with E-state index in [9.17, 15) is 92.3 Å². The molecular formula is C50H73N13O19S4. The zero-order chi connectivity index (χ0) is 64.5. The summed E-state index contributed by atoms with van der Waals surface area (Å²) < 4.78 is 0. The second-order valence-electron chi connectivity index (χ2n) is 19.9. The van der Waals surface area contributed by atoms with Gasteiger partial charge in [0, 0.05) is 43.1 Å². The van der Waals surface area contributed by atoms with Crippen LogP contribution in [0.3, 0.4) is 0 Å². The van der Waals surface area contributed by atoms with Crippen molar-refractivity contribution in [2.75, 3.05) is 30.3 Å². The minimum atomic E-state index is -1.66. The number of aromatic hydroxyl groups is 1. The molecule has 0 spiro atoms. The van der Waals surface area contributed by atoms with Gasteiger partial charge in [-0.15, -0.1) is 11.7 Å². The molecule has 86 heavy (non-hydrogen) atoms. The predicted molar refractivity (Wildman–Crippen MR) is 313 cm³/mol. The molecule has 2 aliphatic rings. The number of phenols is 1. The number of aliphatic hydroxyl groups is 1. The Kier molecular flexibility index (Phi) is 30.4. The number of aliphatic hydroxyl groups excluding tert-OH is 1. The van der Waals surface area contributed by atoms with E-state index in [0.29, 0.717) is 11.8 Å². The zero-order valence-electron chi connectivity index (χ0n) is 47.3. The molecule has 13 atom stereocenters. The largest absolute Gasteiger partial charge is 0.508 e. The Morgan fingerprint density at radius 2 is 1.33 bits per heavy atom. The minimum Gasteiger partial charge on any atom is -0.508 e. The van der Waals surface area contributed by atoms with Crippen LogP contribution in [0.2, 0.25) is 0 Å². The number of amides is 12. The van der Waals surface area contributed by atoms with Gasteiger partial charge in [0.1, 0.15) is 78.5 Å². The van der Waals surface area contributed by atoms with Crippen LogP contribution in [0.15, 0.2) is 24.3 Å². The molecule has 3 rings (SSSR count). The molecule has 1 unspecified atom stereocenters. The van der Waals surface area contributed by atoms with Crippen molar-refractivity contribution in [1.29, 1.82) is 0 Å². The monoisotopic (exact) mass is 1290 g/mol. The number of carboxylic acid groups (broad SMARTS) is 2. The van der Waals surface area contributed by atoms with Gasteiger partial charge in [-0.25, -0.2) is 4.79 Å². The highest BCUT2D eigenvalue weighted by Gasteiger charge is 2.40. The third kappa shape index (κ3) is 23.8. The average molecular weight is 1290 g/mol. The summed E-state index contributed by atoms with van der Waals surface area (Å²) in [6, 6.07) is -11.9. The van der Waals surface area contributed by atoms with Crippen LogP contribution >= 0.6 is 44.0 Å². The van der Waals surface area contributed by atoms with Gasteiger partial charge < -0.3 is 94.3 Å². The SMILES string of the molecule is CC(O)[C@H](NC(=O)[C@H](C)NC(=O)[C@H](C)NC(=O)[C@@H]1CCCN1C(=O)[C@H](CC=O)NC(=O)[C@@H]1CSSC[C@H](N)C(=O)N[C@@H](C)C(=O)N[C@@H](CCC(=O)O)C(=O)N[C@@H](Cc2ccc(O)cc2)C(=O)N[C@@H](C)C(=O)N1)C(=O)NCC(=O)N[C@@H](CSS)C(=O)O. The summed E-state index contributed by atoms with van der Waals surface area (Å²) in [5, 5.41) is 64.9. The number of hydrogen-bond donors (Lipinski definition) is 17. The second-order valence-corrected chi connectivity index (χ2v) is 23.9. The number of carboxylic acids is 2. The van der Waals surface area contributed by atoms with Crippen LogP contribution < -0.4 is 64.2 Å². The molecule has 0 saturated carbocycles. The van der Waals surface area contributed by atoms with E-state index in [1.807, 2.05) is 0 Å². The van der Waals surface area contributed by atoms with Crippen molar-refractivity contribution in [3.63, 3.8) is 0 Å². The molecule has 17 N–H and O–H groups in total. The highest BCUT2D eigenvalue weighted by atomic mass is 33.1. The topological polar surface area (TPSA) is 499 Å². The van der Waals surface area contributed by atoms with E-state index in [1.54, 1.807) is 0 Å². The second kappa shape index (κ2) is 35.9. The number of likely N-dealkylation sites (tertiary alicyclic amines) is 1. The van der Waals surface area contributed by atoms with Crippen LogP contribution in [0.25, 0.3) is 0 Å². The molecule has 1 aromatic rings. The van der Waals surface area contributed by atoms with Crippen LogP contribution in [-0.2, 0) is 78.3 Å². The maximum absolute atomic E-state index is 14.2. The highest BCUT2D eigenvalue weighted by Crippen LogP contribution is 2.24. The van der Waals surface area contributed by atoms with Crippen molar-refractivity contribution in [1.82, 2.24) is 63.4 Å². The number of carbonyl (C=O) groups is 15. The maximum Gasteiger partial charge on any atom is 0.327 e. The predicted octanol–water partition coefficient (Wildman–Crippen LogP) is -5.81. The third-order valence-corrected chi connectivity index (χ3v) is 16.4. The van der Waals surface area contributed by atoms with E-state index in [0.717, 1.165) is 44.2 Å². The van der Waals surface area contributed by atoms with Gasteiger partial charge in [-0.05, 0) is 71.6 Å². The summed E-state index contributed by atoms with van der Waals surface area (Å²) in [6.07, 6.45) is -2.87. The normalized spacial score (nSPS) is 23.0. The first kappa shape index (κ1) is 72.8. The number of aldehydes is 1. The van der Waals surface area contributed by atoms with Crippen molar-refractivity contribution in [3.05, 3.63) is 29.8 Å². The van der Waals surface area contributed by atoms with Crippen LogP contribution in [-0.4, -0.2) is 223 Å². The summed E-state index contributed by atoms with van der Waals surface area (Å²) in [7, 11) is 2.75. The number of rotatable bonds is 24. The standard InChI is InChI=1S/C50H73N13O19S4/c1-22(39(70)53-25(4)42(73)62-38(26(5)65)48(79)52-18-36(67)57-34(20-84-83)50(81)82)56-47(78)35-7-6-15-63(35)49(80)31(14-16-64)59-46(77)33-21-86-85-19-29(51)43(74)54-23(2)40(71)58-30(12-13-37(68)69)44(75)60-32(17-27-8-10-28(66)11-9-27)45(76)55-24(3)41(72)61-33/h8-11,16,22-26,29-35,38,65-66,83H,6-7,12-15,17-21,51H2,1-5H3,(H,52,79)(H,53,70)(H,54,74)(H,55,76)(H,56,78)(H,57,67)(H,58,71)(H,59,77)(H,60,75)(H,61,72)(H,62,73)(H,68,69)(H,81,82)/t22-,23-,24-,25-,26?,29-,30-,31-,32-,33-,34-,35-,38-/m0/s1. The van der Waals surface area contributed by atoms with Gasteiger partial charge in [0.05, 0.1) is 18.7 Å². The van der Waals surface area contributed by atoms with E-state index in [1.165, 1.54) is 52.0 Å². The number of phenolic OH excluding ortho intramolecular Hbond substituents is 1. The molecule has 12 amide bonds. The first-order chi connectivity index (χ1) is 40.5. The molecule has 0 radical (unpaired) electrons. The van der Waals surface area contributed by atoms with Crippen molar-refractivity contribution in [2.24, 2.45) is 5.73 Å². The number of benzene rings is 1. The highest BCUT2D eigenvalue weighted by molar-refractivity contribution is 8.76.